The van der Waals surface area contributed by atoms with E-state index in [4.69, 9.17) is 13.9 Å². The molecule has 0 spiro atoms. The van der Waals surface area contributed by atoms with Gasteiger partial charge in [0.1, 0.15) is 11.5 Å². The number of anilines is 1. The van der Waals surface area contributed by atoms with E-state index >= 15 is 0 Å². The number of hydrogen-bond acceptors (Lipinski definition) is 8. The summed E-state index contributed by atoms with van der Waals surface area (Å²) in [7, 11) is 2.66. The zero-order valence-electron chi connectivity index (χ0n) is 20.0. The highest BCUT2D eigenvalue weighted by molar-refractivity contribution is 6.14. The van der Waals surface area contributed by atoms with E-state index in [1.54, 1.807) is 42.5 Å². The molecule has 1 aromatic heterocycles. The van der Waals surface area contributed by atoms with Crippen LogP contribution >= 0.6 is 0 Å². The number of benzene rings is 2. The Morgan fingerprint density at radius 3 is 2.54 bits per heavy atom. The molecule has 0 aliphatic carbocycles. The Balaban J connectivity index is 1.50. The molecular formula is C26H23N3O8. The fourth-order valence-electron chi connectivity index (χ4n) is 3.52. The molecule has 0 radical (unpaired) electrons. The molecule has 190 valence electrons. The summed E-state index contributed by atoms with van der Waals surface area (Å²) < 4.78 is 21.1. The molecule has 4 rings (SSSR count). The van der Waals surface area contributed by atoms with Crippen LogP contribution in [0, 0.1) is 0 Å². The van der Waals surface area contributed by atoms with E-state index in [2.05, 4.69) is 15.4 Å². The average molecular weight is 505 g/mol. The van der Waals surface area contributed by atoms with E-state index in [1.807, 2.05) is 6.07 Å². The molecule has 1 saturated heterocycles. The first-order chi connectivity index (χ1) is 17.9. The summed E-state index contributed by atoms with van der Waals surface area (Å²) in [5.74, 6) is -0.952. The molecule has 4 amide bonds. The lowest BCUT2D eigenvalue weighted by molar-refractivity contribution is -0.123. The minimum atomic E-state index is -0.674. The number of carbonyl (C=O) groups excluding carboxylic acids is 4. The summed E-state index contributed by atoms with van der Waals surface area (Å²) in [5, 5.41) is 5.24. The average Bonchev–Trinajstić information content (AvgIpc) is 3.48. The van der Waals surface area contributed by atoms with Gasteiger partial charge in [0.05, 0.1) is 20.8 Å². The number of nitrogens with one attached hydrogen (secondary N) is 2. The smallest absolute Gasteiger partial charge is 0.373 e. The Kier molecular flexibility index (Phi) is 7.53. The van der Waals surface area contributed by atoms with Crippen LogP contribution in [0.3, 0.4) is 0 Å². The second-order valence-electron chi connectivity index (χ2n) is 7.72. The lowest BCUT2D eigenvalue weighted by Gasteiger charge is -2.14. The number of methoxy groups -OCH3 is 2. The number of imide groups is 1. The van der Waals surface area contributed by atoms with Crippen molar-refractivity contribution in [3.05, 3.63) is 83.4 Å². The van der Waals surface area contributed by atoms with Gasteiger partial charge in [0.15, 0.2) is 18.1 Å². The number of furan rings is 1. The minimum Gasteiger partial charge on any atom is -0.493 e. The van der Waals surface area contributed by atoms with E-state index in [0.717, 1.165) is 4.90 Å². The molecule has 37 heavy (non-hydrogen) atoms. The highest BCUT2D eigenvalue weighted by Gasteiger charge is 2.34. The van der Waals surface area contributed by atoms with Gasteiger partial charge in [-0.3, -0.25) is 14.5 Å². The predicted octanol–water partition coefficient (Wildman–Crippen LogP) is 3.19. The first-order valence-corrected chi connectivity index (χ1v) is 11.1. The number of ether oxygens (including phenoxy) is 3. The molecule has 1 aliphatic rings. The van der Waals surface area contributed by atoms with E-state index in [1.165, 1.54) is 32.4 Å². The van der Waals surface area contributed by atoms with Gasteiger partial charge in [0.2, 0.25) is 5.76 Å². The Bertz CT molecular complexity index is 1360. The van der Waals surface area contributed by atoms with Gasteiger partial charge in [-0.25, -0.2) is 9.59 Å². The molecule has 0 saturated carbocycles. The number of esters is 1. The number of hydrogen-bond donors (Lipinski definition) is 2. The summed E-state index contributed by atoms with van der Waals surface area (Å²) in [5.41, 5.74) is 1.01. The quantitative estimate of drug-likeness (QED) is 0.257. The number of carbonyl (C=O) groups is 4. The maximum atomic E-state index is 13.0. The van der Waals surface area contributed by atoms with E-state index in [9.17, 15) is 19.2 Å². The van der Waals surface area contributed by atoms with Gasteiger partial charge in [-0.15, -0.1) is 0 Å². The van der Waals surface area contributed by atoms with Crippen molar-refractivity contribution in [1.29, 1.82) is 0 Å². The summed E-state index contributed by atoms with van der Waals surface area (Å²) in [6.07, 6.45) is 1.43. The first kappa shape index (κ1) is 25.0. The van der Waals surface area contributed by atoms with Crippen molar-refractivity contribution in [3.8, 4) is 11.5 Å². The van der Waals surface area contributed by atoms with E-state index in [-0.39, 0.29) is 36.1 Å². The molecule has 0 unspecified atom stereocenters. The molecule has 0 bridgehead atoms. The molecule has 2 heterocycles. The van der Waals surface area contributed by atoms with Crippen LogP contribution in [-0.4, -0.2) is 49.5 Å². The van der Waals surface area contributed by atoms with Crippen molar-refractivity contribution in [2.24, 2.45) is 0 Å². The van der Waals surface area contributed by atoms with E-state index in [0.29, 0.717) is 17.0 Å². The Morgan fingerprint density at radius 1 is 1.03 bits per heavy atom. The normalized spacial score (nSPS) is 13.9. The van der Waals surface area contributed by atoms with Gasteiger partial charge in [-0.05, 0) is 36.4 Å². The van der Waals surface area contributed by atoms with Gasteiger partial charge in [0, 0.05) is 11.3 Å². The largest absolute Gasteiger partial charge is 0.493 e. The van der Waals surface area contributed by atoms with Gasteiger partial charge in [-0.2, -0.15) is 0 Å². The molecular weight excluding hydrogens is 482 g/mol. The van der Waals surface area contributed by atoms with Crippen molar-refractivity contribution < 1.29 is 37.8 Å². The van der Waals surface area contributed by atoms with Gasteiger partial charge < -0.3 is 29.3 Å². The highest BCUT2D eigenvalue weighted by Crippen LogP contribution is 2.33. The third-order valence-corrected chi connectivity index (χ3v) is 5.26. The van der Waals surface area contributed by atoms with Crippen LogP contribution in [0.1, 0.15) is 21.9 Å². The summed E-state index contributed by atoms with van der Waals surface area (Å²) in [6.45, 7) is -0.515. The minimum absolute atomic E-state index is 0.0170. The zero-order valence-corrected chi connectivity index (χ0v) is 20.0. The van der Waals surface area contributed by atoms with Crippen LogP contribution in [0.5, 0.6) is 11.5 Å². The number of para-hydroxylation sites is 2. The van der Waals surface area contributed by atoms with Crippen LogP contribution in [-0.2, 0) is 20.9 Å². The van der Waals surface area contributed by atoms with Crippen molar-refractivity contribution in [2.75, 3.05) is 26.1 Å². The second kappa shape index (κ2) is 11.1. The Hall–Kier alpha value is -5.06. The molecule has 1 fully saturated rings. The standard InChI is InChI=1S/C26H23N3O8/c1-34-20-10-6-7-16(23(20)36-15-22(30)27-17-8-4-3-5-9-17)13-19-24(31)29(26(33)28-19)14-18-11-12-21(37-18)25(32)35-2/h3-13H,14-15H2,1-2H3,(H,27,30)(H,28,33)/b19-13+. The van der Waals surface area contributed by atoms with Crippen LogP contribution in [0.2, 0.25) is 0 Å². The summed E-state index contributed by atoms with van der Waals surface area (Å²) in [6, 6.07) is 16.1. The number of amides is 4. The summed E-state index contributed by atoms with van der Waals surface area (Å²) >= 11 is 0. The maximum Gasteiger partial charge on any atom is 0.373 e. The van der Waals surface area contributed by atoms with Crippen molar-refractivity contribution >= 4 is 35.6 Å². The van der Waals surface area contributed by atoms with Gasteiger partial charge in [-0.1, -0.05) is 30.3 Å². The summed E-state index contributed by atoms with van der Waals surface area (Å²) in [4.78, 5) is 50.3. The SMILES string of the molecule is COC(=O)c1ccc(CN2C(=O)N/C(=C/c3cccc(OC)c3OCC(=O)Nc3ccccc3)C2=O)o1. The van der Waals surface area contributed by atoms with E-state index < -0.39 is 23.8 Å². The predicted molar refractivity (Wildman–Crippen MR) is 131 cm³/mol. The van der Waals surface area contributed by atoms with Crippen molar-refractivity contribution in [1.82, 2.24) is 10.2 Å². The zero-order chi connectivity index (χ0) is 26.4. The van der Waals surface area contributed by atoms with Crippen molar-refractivity contribution in [3.63, 3.8) is 0 Å². The molecule has 3 aromatic rings. The fraction of sp³-hybridized carbons (Fsp3) is 0.154. The molecule has 1 aliphatic heterocycles. The van der Waals surface area contributed by atoms with Crippen molar-refractivity contribution in [2.45, 2.75) is 6.54 Å². The second-order valence-corrected chi connectivity index (χ2v) is 7.72. The number of nitrogens with zero attached hydrogens (tertiary/aromatic N) is 1. The Morgan fingerprint density at radius 2 is 1.81 bits per heavy atom. The van der Waals surface area contributed by atoms with Crippen LogP contribution in [0.15, 0.2) is 70.8 Å². The first-order valence-electron chi connectivity index (χ1n) is 11.1. The van der Waals surface area contributed by atoms with Crippen LogP contribution in [0.4, 0.5) is 10.5 Å². The third-order valence-electron chi connectivity index (χ3n) is 5.26. The van der Waals surface area contributed by atoms with Gasteiger partial charge >= 0.3 is 12.0 Å². The van der Waals surface area contributed by atoms with Crippen LogP contribution in [0.25, 0.3) is 6.08 Å². The lowest BCUT2D eigenvalue weighted by atomic mass is 10.1. The third kappa shape index (κ3) is 5.78. The molecule has 2 N–H and O–H groups in total. The number of rotatable bonds is 9. The molecule has 11 nitrogen and oxygen atoms in total. The van der Waals surface area contributed by atoms with Crippen LogP contribution < -0.4 is 20.1 Å². The monoisotopic (exact) mass is 505 g/mol. The number of urea groups is 1. The Labute approximate surface area is 211 Å². The molecule has 11 heteroatoms. The fourth-order valence-corrected chi connectivity index (χ4v) is 3.52. The molecule has 0 atom stereocenters. The topological polar surface area (TPSA) is 136 Å². The highest BCUT2D eigenvalue weighted by atomic mass is 16.5. The lowest BCUT2D eigenvalue weighted by Crippen LogP contribution is -2.30. The molecule has 2 aromatic carbocycles. The maximum absolute atomic E-state index is 13.0. The van der Waals surface area contributed by atoms with Gasteiger partial charge in [0.25, 0.3) is 11.8 Å².